The van der Waals surface area contributed by atoms with E-state index in [1.807, 2.05) is 0 Å². The fraction of sp³-hybridized carbons (Fsp3) is 0.500. The third kappa shape index (κ3) is 1.69. The first-order valence-corrected chi connectivity index (χ1v) is 4.36. The Morgan fingerprint density at radius 2 is 2.08 bits per heavy atom. The van der Waals surface area contributed by atoms with E-state index in [-0.39, 0.29) is 18.6 Å². The highest BCUT2D eigenvalue weighted by atomic mass is 19.3. The molecule has 0 unspecified atom stereocenters. The lowest BCUT2D eigenvalue weighted by molar-refractivity contribution is -0.118. The van der Waals surface area contributed by atoms with Gasteiger partial charge in [-0.15, -0.1) is 0 Å². The van der Waals surface area contributed by atoms with Crippen LogP contribution in [-0.4, -0.2) is 11.7 Å². The van der Waals surface area contributed by atoms with Gasteiger partial charge in [0.1, 0.15) is 5.78 Å². The van der Waals surface area contributed by atoms with Gasteiger partial charge in [-0.05, 0) is 18.1 Å². The summed E-state index contributed by atoms with van der Waals surface area (Å²) in [6.45, 7) is 0. The molecule has 2 aliphatic rings. The number of ketones is 1. The predicted molar refractivity (Wildman–Crippen MR) is 44.6 cm³/mol. The molecule has 2 rings (SSSR count). The molecule has 0 saturated carbocycles. The van der Waals surface area contributed by atoms with Crippen LogP contribution in [0.4, 0.5) is 8.78 Å². The Labute approximate surface area is 75.1 Å². The van der Waals surface area contributed by atoms with Gasteiger partial charge in [0.15, 0.2) is 0 Å². The van der Waals surface area contributed by atoms with Crippen molar-refractivity contribution in [3.8, 4) is 0 Å². The summed E-state index contributed by atoms with van der Waals surface area (Å²) in [6, 6.07) is 0. The molecule has 0 aromatic heterocycles. The van der Waals surface area contributed by atoms with E-state index in [4.69, 9.17) is 0 Å². The van der Waals surface area contributed by atoms with E-state index in [9.17, 15) is 13.6 Å². The van der Waals surface area contributed by atoms with Gasteiger partial charge in [0.05, 0.1) is 0 Å². The van der Waals surface area contributed by atoms with Gasteiger partial charge >= 0.3 is 0 Å². The summed E-state index contributed by atoms with van der Waals surface area (Å²) in [6.07, 6.45) is 3.54. The van der Waals surface area contributed by atoms with Gasteiger partial charge in [-0.3, -0.25) is 4.79 Å². The molecule has 0 radical (unpaired) electrons. The topological polar surface area (TPSA) is 17.1 Å². The van der Waals surface area contributed by atoms with Crippen molar-refractivity contribution in [2.45, 2.75) is 31.6 Å². The van der Waals surface area contributed by atoms with Crippen LogP contribution in [0.15, 0.2) is 23.3 Å². The number of carbonyl (C=O) groups excluding carboxylic acids is 1. The van der Waals surface area contributed by atoms with Crippen LogP contribution in [0.25, 0.3) is 0 Å². The molecule has 0 spiro atoms. The van der Waals surface area contributed by atoms with E-state index < -0.39 is 5.92 Å². The van der Waals surface area contributed by atoms with E-state index in [0.29, 0.717) is 18.4 Å². The lowest BCUT2D eigenvalue weighted by atomic mass is 9.84. The van der Waals surface area contributed by atoms with E-state index >= 15 is 0 Å². The first-order valence-electron chi connectivity index (χ1n) is 4.36. The number of allylic oxidation sites excluding steroid dienone is 4. The standard InChI is InChI=1S/C10H10F2O/c11-10(12)4-3-7-1-2-9(13)5-8(7)6-10/h3-4H,1-2,5-6H2. The van der Waals surface area contributed by atoms with E-state index in [2.05, 4.69) is 0 Å². The van der Waals surface area contributed by atoms with Crippen LogP contribution in [0.5, 0.6) is 0 Å². The number of hydrogen-bond acceptors (Lipinski definition) is 1. The number of rotatable bonds is 0. The second-order valence-electron chi connectivity index (χ2n) is 3.62. The second-order valence-corrected chi connectivity index (χ2v) is 3.62. The lowest BCUT2D eigenvalue weighted by Gasteiger charge is -2.24. The van der Waals surface area contributed by atoms with Crippen molar-refractivity contribution in [3.05, 3.63) is 23.3 Å². The number of halogens is 2. The maximum absolute atomic E-state index is 12.9. The highest BCUT2D eigenvalue weighted by molar-refractivity contribution is 5.83. The van der Waals surface area contributed by atoms with Crippen LogP contribution in [-0.2, 0) is 4.79 Å². The molecule has 3 heteroatoms. The Bertz CT molecular complexity index is 313. The first kappa shape index (κ1) is 8.60. The van der Waals surface area contributed by atoms with Crippen molar-refractivity contribution in [1.29, 1.82) is 0 Å². The molecular weight excluding hydrogens is 174 g/mol. The SMILES string of the molecule is O=C1CCC2=C(C1)CC(F)(F)C=C2. The Morgan fingerprint density at radius 1 is 1.31 bits per heavy atom. The summed E-state index contributed by atoms with van der Waals surface area (Å²) in [5.74, 6) is -2.65. The van der Waals surface area contributed by atoms with Crippen molar-refractivity contribution in [2.75, 3.05) is 0 Å². The van der Waals surface area contributed by atoms with Crippen LogP contribution >= 0.6 is 0 Å². The van der Waals surface area contributed by atoms with Gasteiger partial charge in [0, 0.05) is 19.3 Å². The molecular formula is C10H10F2O. The molecule has 0 saturated heterocycles. The maximum atomic E-state index is 12.9. The van der Waals surface area contributed by atoms with Crippen LogP contribution < -0.4 is 0 Å². The van der Waals surface area contributed by atoms with Gasteiger partial charge in [0.2, 0.25) is 0 Å². The smallest absolute Gasteiger partial charge is 0.270 e. The van der Waals surface area contributed by atoms with Crippen LogP contribution in [0.2, 0.25) is 0 Å². The maximum Gasteiger partial charge on any atom is 0.270 e. The predicted octanol–water partition coefficient (Wildman–Crippen LogP) is 2.63. The molecule has 0 fully saturated rings. The van der Waals surface area contributed by atoms with Crippen molar-refractivity contribution in [2.24, 2.45) is 0 Å². The highest BCUT2D eigenvalue weighted by Crippen LogP contribution is 2.37. The molecule has 2 aliphatic carbocycles. The van der Waals surface area contributed by atoms with Crippen LogP contribution in [0, 0.1) is 0 Å². The third-order valence-electron chi connectivity index (χ3n) is 2.52. The van der Waals surface area contributed by atoms with Gasteiger partial charge in [-0.2, -0.15) is 0 Å². The number of alkyl halides is 2. The fourth-order valence-corrected chi connectivity index (χ4v) is 1.83. The van der Waals surface area contributed by atoms with E-state index in [0.717, 1.165) is 11.6 Å². The monoisotopic (exact) mass is 184 g/mol. The van der Waals surface area contributed by atoms with Crippen LogP contribution in [0.3, 0.4) is 0 Å². The minimum Gasteiger partial charge on any atom is -0.299 e. The van der Waals surface area contributed by atoms with Crippen molar-refractivity contribution < 1.29 is 13.6 Å². The zero-order valence-electron chi connectivity index (χ0n) is 7.15. The summed E-state index contributed by atoms with van der Waals surface area (Å²) >= 11 is 0. The number of Topliss-reactive ketones (excluding diaryl/α,β-unsaturated/α-hetero) is 1. The molecule has 0 N–H and O–H groups in total. The van der Waals surface area contributed by atoms with Crippen LogP contribution in [0.1, 0.15) is 25.7 Å². The first-order chi connectivity index (χ1) is 6.07. The molecule has 70 valence electrons. The summed E-state index contributed by atoms with van der Waals surface area (Å²) in [4.78, 5) is 11.0. The minimum atomic E-state index is -2.74. The summed E-state index contributed by atoms with van der Waals surface area (Å²) in [5, 5.41) is 0. The molecule has 0 aromatic rings. The molecule has 13 heavy (non-hydrogen) atoms. The Hall–Kier alpha value is -0.990. The molecule has 0 aromatic carbocycles. The normalized spacial score (nSPS) is 26.2. The fourth-order valence-electron chi connectivity index (χ4n) is 1.83. The van der Waals surface area contributed by atoms with Crippen molar-refractivity contribution in [3.63, 3.8) is 0 Å². The minimum absolute atomic E-state index is 0.0878. The Balaban J connectivity index is 2.26. The second kappa shape index (κ2) is 2.76. The summed E-state index contributed by atoms with van der Waals surface area (Å²) in [7, 11) is 0. The highest BCUT2D eigenvalue weighted by Gasteiger charge is 2.33. The van der Waals surface area contributed by atoms with E-state index in [1.165, 1.54) is 6.08 Å². The van der Waals surface area contributed by atoms with E-state index in [1.54, 1.807) is 0 Å². The molecule has 0 aliphatic heterocycles. The van der Waals surface area contributed by atoms with Crippen molar-refractivity contribution >= 4 is 5.78 Å². The average Bonchev–Trinajstić information content (AvgIpc) is 2.01. The number of carbonyl (C=O) groups is 1. The Kier molecular flexibility index (Phi) is 1.82. The number of hydrogen-bond donors (Lipinski definition) is 0. The lowest BCUT2D eigenvalue weighted by Crippen LogP contribution is -2.21. The summed E-state index contributed by atoms with van der Waals surface area (Å²) in [5.41, 5.74) is 1.59. The molecule has 0 amide bonds. The van der Waals surface area contributed by atoms with Crippen molar-refractivity contribution in [1.82, 2.24) is 0 Å². The zero-order chi connectivity index (χ0) is 9.47. The molecule has 0 heterocycles. The average molecular weight is 184 g/mol. The quantitative estimate of drug-likeness (QED) is 0.565. The third-order valence-corrected chi connectivity index (χ3v) is 2.52. The van der Waals surface area contributed by atoms with Gasteiger partial charge in [-0.1, -0.05) is 11.6 Å². The molecule has 0 bridgehead atoms. The Morgan fingerprint density at radius 3 is 2.85 bits per heavy atom. The summed E-state index contributed by atoms with van der Waals surface area (Å²) < 4.78 is 25.7. The molecule has 1 nitrogen and oxygen atoms in total. The van der Waals surface area contributed by atoms with Gasteiger partial charge < -0.3 is 0 Å². The largest absolute Gasteiger partial charge is 0.299 e. The van der Waals surface area contributed by atoms with Gasteiger partial charge in [-0.25, -0.2) is 8.78 Å². The van der Waals surface area contributed by atoms with Gasteiger partial charge in [0.25, 0.3) is 5.92 Å². The molecule has 0 atom stereocenters. The zero-order valence-corrected chi connectivity index (χ0v) is 7.15.